The molecule has 2 aromatic rings. The van der Waals surface area contributed by atoms with Crippen molar-refractivity contribution in [2.75, 3.05) is 13.7 Å². The highest BCUT2D eigenvalue weighted by molar-refractivity contribution is 6.31. The third-order valence-electron chi connectivity index (χ3n) is 8.82. The van der Waals surface area contributed by atoms with Crippen molar-refractivity contribution < 1.29 is 78.7 Å². The van der Waals surface area contributed by atoms with E-state index in [9.17, 15) is 54.3 Å². The zero-order chi connectivity index (χ0) is 36.1. The van der Waals surface area contributed by atoms with Crippen molar-refractivity contribution in [3.63, 3.8) is 0 Å². The number of amides is 1. The molecule has 0 bridgehead atoms. The number of hydrogen-bond acceptors (Lipinski definition) is 14. The average molecular weight is 686 g/mol. The highest BCUT2D eigenvalue weighted by atomic mass is 16.7. The predicted octanol–water partition coefficient (Wildman–Crippen LogP) is -0.746. The molecule has 8 N–H and O–H groups in total. The van der Waals surface area contributed by atoms with Gasteiger partial charge in [-0.05, 0) is 13.0 Å². The van der Waals surface area contributed by atoms with Crippen molar-refractivity contribution in [3.05, 3.63) is 63.2 Å². The molecule has 5 rings (SSSR count). The first kappa shape index (κ1) is 35.1. The SMILES string of the molecule is COc1cccc2c1C(=O)c1c(O)c3c(c(O)c1C2=O)C[C@@](O)(C(=O)CO)C[C@@H]3O[C@H]1C[C@H](NC(=O)C=C(C(=O)O)C(=O)O)[C@H](O)[C@H](C)O1. The van der Waals surface area contributed by atoms with Gasteiger partial charge in [-0.3, -0.25) is 19.2 Å². The summed E-state index contributed by atoms with van der Waals surface area (Å²) < 4.78 is 17.0. The normalized spacial score (nSPS) is 25.7. The molecule has 1 saturated heterocycles. The maximum Gasteiger partial charge on any atom is 0.343 e. The molecule has 2 aromatic carbocycles. The fourth-order valence-electron chi connectivity index (χ4n) is 6.43. The number of carbonyl (C=O) groups is 6. The molecule has 0 aromatic heterocycles. The molecule has 0 unspecified atom stereocenters. The number of aromatic hydroxyl groups is 2. The Kier molecular flexibility index (Phi) is 9.33. The van der Waals surface area contributed by atoms with Gasteiger partial charge in [0.2, 0.25) is 11.7 Å². The van der Waals surface area contributed by atoms with Crippen molar-refractivity contribution in [3.8, 4) is 17.2 Å². The van der Waals surface area contributed by atoms with Gasteiger partial charge < -0.3 is 55.3 Å². The van der Waals surface area contributed by atoms with E-state index >= 15 is 0 Å². The van der Waals surface area contributed by atoms with Crippen LogP contribution < -0.4 is 10.1 Å². The van der Waals surface area contributed by atoms with Crippen LogP contribution >= 0.6 is 0 Å². The standard InChI is InChI=1S/C32H31NO16/c1-11-25(37)15(33-19(36)6-13(30(42)43)31(44)45)7-20(48-11)49-17-9-32(46,18(35)10-34)8-14-22(17)29(41)24-23(27(14)39)26(38)12-4-3-5-16(47-2)21(12)28(24)40/h3-6,11,15,17,20,25,34,37,39,41,46H,7-10H2,1-2H3,(H,33,36)(H,42,43)(H,44,45)/t11-,15-,17-,20-,25+,32-/m0/s1. The Morgan fingerprint density at radius 3 is 2.31 bits per heavy atom. The molecule has 17 nitrogen and oxygen atoms in total. The Bertz CT molecular complexity index is 1820. The van der Waals surface area contributed by atoms with Gasteiger partial charge in [-0.1, -0.05) is 12.1 Å². The Hall–Kier alpha value is -5.20. The van der Waals surface area contributed by atoms with Crippen LogP contribution in [0.3, 0.4) is 0 Å². The summed E-state index contributed by atoms with van der Waals surface area (Å²) >= 11 is 0. The third-order valence-corrected chi connectivity index (χ3v) is 8.82. The number of hydrogen-bond donors (Lipinski definition) is 8. The van der Waals surface area contributed by atoms with Gasteiger partial charge in [0.1, 0.15) is 41.1 Å². The van der Waals surface area contributed by atoms with Crippen LogP contribution in [0.4, 0.5) is 0 Å². The number of nitrogens with one attached hydrogen (secondary N) is 1. The number of carbonyl (C=O) groups excluding carboxylic acids is 4. The maximum absolute atomic E-state index is 13.8. The van der Waals surface area contributed by atoms with Crippen LogP contribution in [0.2, 0.25) is 0 Å². The molecule has 0 saturated carbocycles. The van der Waals surface area contributed by atoms with Crippen LogP contribution in [0.25, 0.3) is 0 Å². The lowest BCUT2D eigenvalue weighted by Crippen LogP contribution is -2.55. The number of carboxylic acids is 2. The number of phenolic OH excluding ortho intramolecular Hbond substituents is 2. The van der Waals surface area contributed by atoms with Crippen molar-refractivity contribution >= 4 is 35.2 Å². The summed E-state index contributed by atoms with van der Waals surface area (Å²) in [7, 11) is 1.27. The summed E-state index contributed by atoms with van der Waals surface area (Å²) in [4.78, 5) is 75.1. The van der Waals surface area contributed by atoms with Crippen molar-refractivity contribution in [2.45, 2.75) is 62.4 Å². The molecular weight excluding hydrogens is 654 g/mol. The predicted molar refractivity (Wildman–Crippen MR) is 159 cm³/mol. The molecule has 6 atom stereocenters. The van der Waals surface area contributed by atoms with Gasteiger partial charge in [-0.25, -0.2) is 9.59 Å². The zero-order valence-corrected chi connectivity index (χ0v) is 25.8. The molecule has 1 fully saturated rings. The molecule has 1 heterocycles. The van der Waals surface area contributed by atoms with Crippen LogP contribution in [-0.4, -0.2) is 115 Å². The molecule has 49 heavy (non-hydrogen) atoms. The second-order valence-electron chi connectivity index (χ2n) is 11.8. The molecule has 2 aliphatic carbocycles. The lowest BCUT2D eigenvalue weighted by atomic mass is 9.72. The van der Waals surface area contributed by atoms with Gasteiger partial charge in [-0.15, -0.1) is 0 Å². The van der Waals surface area contributed by atoms with Crippen LogP contribution in [0, 0.1) is 0 Å². The molecule has 0 spiro atoms. The first-order chi connectivity index (χ1) is 23.0. The molecule has 17 heteroatoms. The van der Waals surface area contributed by atoms with Crippen molar-refractivity contribution in [1.29, 1.82) is 0 Å². The monoisotopic (exact) mass is 685 g/mol. The van der Waals surface area contributed by atoms with Crippen LogP contribution in [0.5, 0.6) is 17.2 Å². The summed E-state index contributed by atoms with van der Waals surface area (Å²) in [6.07, 6.45) is -6.99. The summed E-state index contributed by atoms with van der Waals surface area (Å²) in [6.45, 7) is 0.241. The average Bonchev–Trinajstić information content (AvgIpc) is 3.04. The number of fused-ring (bicyclic) bond motifs is 3. The van der Waals surface area contributed by atoms with E-state index in [4.69, 9.17) is 24.4 Å². The minimum atomic E-state index is -2.42. The van der Waals surface area contributed by atoms with Gasteiger partial charge in [0, 0.05) is 42.0 Å². The molecule has 1 aliphatic heterocycles. The third kappa shape index (κ3) is 6.02. The number of Topliss-reactive ketones (excluding diaryl/α,β-unsaturated/α-hetero) is 1. The fraction of sp³-hybridized carbons (Fsp3) is 0.375. The van der Waals surface area contributed by atoms with Gasteiger partial charge in [0.05, 0.1) is 42.0 Å². The highest BCUT2D eigenvalue weighted by Gasteiger charge is 2.50. The van der Waals surface area contributed by atoms with Crippen molar-refractivity contribution in [1.82, 2.24) is 5.32 Å². The zero-order valence-electron chi connectivity index (χ0n) is 25.8. The number of aliphatic hydroxyl groups is 3. The molecule has 3 aliphatic rings. The maximum atomic E-state index is 13.8. The van der Waals surface area contributed by atoms with Crippen molar-refractivity contribution in [2.24, 2.45) is 0 Å². The van der Waals surface area contributed by atoms with Gasteiger partial charge in [-0.2, -0.15) is 0 Å². The first-order valence-electron chi connectivity index (χ1n) is 14.8. The molecule has 260 valence electrons. The van der Waals surface area contributed by atoms with E-state index in [0.29, 0.717) is 6.08 Å². The topological polar surface area (TPSA) is 284 Å². The summed E-state index contributed by atoms with van der Waals surface area (Å²) in [5.74, 6) is -9.43. The number of aliphatic carboxylic acids is 2. The molecule has 1 amide bonds. The number of benzene rings is 2. The number of ketones is 3. The van der Waals surface area contributed by atoms with Gasteiger partial charge in [0.25, 0.3) is 0 Å². The Morgan fingerprint density at radius 2 is 1.69 bits per heavy atom. The Morgan fingerprint density at radius 1 is 1.04 bits per heavy atom. The number of ether oxygens (including phenoxy) is 3. The number of phenols is 2. The minimum absolute atomic E-state index is 0.0127. The lowest BCUT2D eigenvalue weighted by Gasteiger charge is -2.42. The lowest BCUT2D eigenvalue weighted by molar-refractivity contribution is -0.249. The van der Waals surface area contributed by atoms with Crippen LogP contribution in [0.15, 0.2) is 29.8 Å². The Balaban J connectivity index is 1.56. The van der Waals surface area contributed by atoms with Crippen LogP contribution in [-0.2, 0) is 35.1 Å². The molecular formula is C32H31NO16. The van der Waals surface area contributed by atoms with Gasteiger partial charge in [0.15, 0.2) is 17.9 Å². The Labute approximate surface area is 275 Å². The largest absolute Gasteiger partial charge is 0.507 e. The van der Waals surface area contributed by atoms with E-state index < -0.39 is 126 Å². The van der Waals surface area contributed by atoms with E-state index in [0.717, 1.165) is 0 Å². The summed E-state index contributed by atoms with van der Waals surface area (Å²) in [5, 5.41) is 75.2. The first-order valence-corrected chi connectivity index (χ1v) is 14.8. The summed E-state index contributed by atoms with van der Waals surface area (Å²) in [5.41, 5.74) is -5.80. The van der Waals surface area contributed by atoms with E-state index in [-0.39, 0.29) is 28.0 Å². The number of aliphatic hydroxyl groups excluding tert-OH is 2. The summed E-state index contributed by atoms with van der Waals surface area (Å²) in [6, 6.07) is 2.94. The number of methoxy groups -OCH3 is 1. The fourth-order valence-corrected chi connectivity index (χ4v) is 6.43. The van der Waals surface area contributed by atoms with E-state index in [1.165, 1.54) is 32.2 Å². The smallest absolute Gasteiger partial charge is 0.343 e. The second kappa shape index (κ2) is 13.0. The highest BCUT2D eigenvalue weighted by Crippen LogP contribution is 2.52. The molecule has 0 radical (unpaired) electrons. The second-order valence-corrected chi connectivity index (χ2v) is 11.8. The quantitative estimate of drug-likeness (QED) is 0.0595. The van der Waals surface area contributed by atoms with E-state index in [2.05, 4.69) is 5.32 Å². The van der Waals surface area contributed by atoms with E-state index in [1.807, 2.05) is 0 Å². The van der Waals surface area contributed by atoms with Gasteiger partial charge >= 0.3 is 11.9 Å². The number of rotatable bonds is 9. The minimum Gasteiger partial charge on any atom is -0.507 e. The van der Waals surface area contributed by atoms with E-state index in [1.54, 1.807) is 0 Å². The van der Waals surface area contributed by atoms with Crippen LogP contribution in [0.1, 0.15) is 68.8 Å². The number of carboxylic acid groups (broad SMARTS) is 2.